The van der Waals surface area contributed by atoms with Crippen LogP contribution in [0.2, 0.25) is 0 Å². The molecule has 0 saturated heterocycles. The smallest absolute Gasteiger partial charge is 0.255 e. The van der Waals surface area contributed by atoms with Crippen LogP contribution in [0.15, 0.2) is 101 Å². The second-order valence-electron chi connectivity index (χ2n) is 8.69. The molecule has 3 aromatic carbocycles. The summed E-state index contributed by atoms with van der Waals surface area (Å²) in [5.74, 6) is 0.453. The first-order chi connectivity index (χ1) is 18.0. The van der Waals surface area contributed by atoms with Crippen LogP contribution in [0.3, 0.4) is 0 Å². The molecule has 0 saturated carbocycles. The van der Waals surface area contributed by atoms with Gasteiger partial charge in [-0.15, -0.1) is 5.10 Å². The van der Waals surface area contributed by atoms with E-state index in [4.69, 9.17) is 5.10 Å². The van der Waals surface area contributed by atoms with Gasteiger partial charge in [-0.2, -0.15) is 4.98 Å². The Balaban J connectivity index is 1.47. The third-order valence-corrected chi connectivity index (χ3v) is 6.98. The number of aromatic nitrogens is 3. The van der Waals surface area contributed by atoms with Crippen molar-refractivity contribution in [2.75, 3.05) is 10.6 Å². The zero-order valence-electron chi connectivity index (χ0n) is 20.5. The second-order valence-corrected chi connectivity index (χ2v) is 9.63. The van der Waals surface area contributed by atoms with Gasteiger partial charge in [0.25, 0.3) is 5.91 Å². The lowest BCUT2D eigenvalue weighted by Gasteiger charge is -2.26. The number of thioether (sulfide) groups is 1. The molecule has 2 heterocycles. The van der Waals surface area contributed by atoms with E-state index in [0.717, 1.165) is 16.8 Å². The Kier molecular flexibility index (Phi) is 7.18. The molecule has 1 aliphatic heterocycles. The van der Waals surface area contributed by atoms with Gasteiger partial charge in [-0.05, 0) is 42.7 Å². The number of halogens is 1. The number of hydrogen-bond acceptors (Lipinski definition) is 5. The molecule has 8 heteroatoms. The Labute approximate surface area is 219 Å². The van der Waals surface area contributed by atoms with Crippen molar-refractivity contribution < 1.29 is 9.18 Å². The van der Waals surface area contributed by atoms with Gasteiger partial charge in [-0.1, -0.05) is 90.6 Å². The SMILES string of the molecule is CC1=C(C(=O)Nc2ccccc2C)C(/C=C/c2ccccc2)n2nc(SCc3ccccc3F)nc2N1. The zero-order chi connectivity index (χ0) is 25.8. The van der Waals surface area contributed by atoms with Crippen LogP contribution >= 0.6 is 11.8 Å². The van der Waals surface area contributed by atoms with Gasteiger partial charge >= 0.3 is 0 Å². The van der Waals surface area contributed by atoms with E-state index in [1.807, 2.05) is 86.7 Å². The van der Waals surface area contributed by atoms with E-state index >= 15 is 0 Å². The van der Waals surface area contributed by atoms with Crippen LogP contribution in [0.25, 0.3) is 6.08 Å². The van der Waals surface area contributed by atoms with E-state index < -0.39 is 6.04 Å². The summed E-state index contributed by atoms with van der Waals surface area (Å²) in [6.07, 6.45) is 3.93. The van der Waals surface area contributed by atoms with Crippen LogP contribution in [0.5, 0.6) is 0 Å². The van der Waals surface area contributed by atoms with Crippen molar-refractivity contribution >= 4 is 35.4 Å². The molecular formula is C29H26FN5OS. The van der Waals surface area contributed by atoms with Crippen molar-refractivity contribution in [1.29, 1.82) is 0 Å². The molecule has 1 aromatic heterocycles. The molecule has 1 atom stereocenters. The summed E-state index contributed by atoms with van der Waals surface area (Å²) in [4.78, 5) is 18.2. The molecule has 6 nitrogen and oxygen atoms in total. The monoisotopic (exact) mass is 511 g/mol. The van der Waals surface area contributed by atoms with Gasteiger partial charge in [0.15, 0.2) is 0 Å². The highest BCUT2D eigenvalue weighted by atomic mass is 32.2. The Bertz CT molecular complexity index is 1500. The number of anilines is 2. The number of aryl methyl sites for hydroxylation is 1. The number of nitrogens with zero attached hydrogens (tertiary/aromatic N) is 3. The van der Waals surface area contributed by atoms with E-state index in [1.54, 1.807) is 16.8 Å². The van der Waals surface area contributed by atoms with Crippen molar-refractivity contribution in [3.8, 4) is 0 Å². The van der Waals surface area contributed by atoms with Crippen molar-refractivity contribution in [3.05, 3.63) is 119 Å². The van der Waals surface area contributed by atoms with Crippen molar-refractivity contribution in [2.24, 2.45) is 0 Å². The third kappa shape index (κ3) is 5.49. The number of allylic oxidation sites excluding steroid dienone is 2. The number of fused-ring (bicyclic) bond motifs is 1. The molecule has 0 spiro atoms. The summed E-state index contributed by atoms with van der Waals surface area (Å²) >= 11 is 1.35. The van der Waals surface area contributed by atoms with E-state index in [9.17, 15) is 9.18 Å². The van der Waals surface area contributed by atoms with Crippen LogP contribution in [0.1, 0.15) is 29.7 Å². The summed E-state index contributed by atoms with van der Waals surface area (Å²) in [5, 5.41) is 11.5. The van der Waals surface area contributed by atoms with Gasteiger partial charge < -0.3 is 10.6 Å². The predicted octanol–water partition coefficient (Wildman–Crippen LogP) is 6.61. The van der Waals surface area contributed by atoms with Crippen LogP contribution in [-0.4, -0.2) is 20.7 Å². The number of carbonyl (C=O) groups excluding carboxylic acids is 1. The van der Waals surface area contributed by atoms with E-state index in [-0.39, 0.29) is 11.7 Å². The average molecular weight is 512 g/mol. The number of hydrogen-bond donors (Lipinski definition) is 2. The summed E-state index contributed by atoms with van der Waals surface area (Å²) in [6, 6.07) is 23.7. The molecule has 4 aromatic rings. The fraction of sp³-hybridized carbons (Fsp3) is 0.138. The largest absolute Gasteiger partial charge is 0.328 e. The number of benzene rings is 3. The highest BCUT2D eigenvalue weighted by molar-refractivity contribution is 7.98. The molecule has 1 unspecified atom stereocenters. The second kappa shape index (κ2) is 10.8. The van der Waals surface area contributed by atoms with E-state index in [2.05, 4.69) is 15.6 Å². The summed E-state index contributed by atoms with van der Waals surface area (Å²) in [5.41, 5.74) is 4.55. The standard InChI is InChI=1S/C29H26FN5OS/c1-19-10-6-9-15-24(19)32-27(36)26-20(2)31-28-33-29(37-18-22-13-7-8-14-23(22)30)34-35(28)25(26)17-16-21-11-4-3-5-12-21/h3-17,25H,18H2,1-2H3,(H,32,36)(H,31,33,34)/b17-16+. The number of rotatable bonds is 7. The van der Waals surface area contributed by atoms with Gasteiger partial charge in [0.2, 0.25) is 11.1 Å². The zero-order valence-corrected chi connectivity index (χ0v) is 21.3. The Morgan fingerprint density at radius 3 is 2.57 bits per heavy atom. The maximum absolute atomic E-state index is 14.1. The lowest BCUT2D eigenvalue weighted by atomic mass is 10.0. The minimum absolute atomic E-state index is 0.219. The summed E-state index contributed by atoms with van der Waals surface area (Å²) < 4.78 is 15.8. The third-order valence-electron chi connectivity index (χ3n) is 6.10. The van der Waals surface area contributed by atoms with Crippen molar-refractivity contribution in [2.45, 2.75) is 30.8 Å². The van der Waals surface area contributed by atoms with Crippen LogP contribution < -0.4 is 10.6 Å². The van der Waals surface area contributed by atoms with Gasteiger partial charge in [-0.3, -0.25) is 4.79 Å². The first kappa shape index (κ1) is 24.5. The van der Waals surface area contributed by atoms with Crippen LogP contribution in [-0.2, 0) is 10.5 Å². The van der Waals surface area contributed by atoms with Gasteiger partial charge in [0.05, 0.1) is 5.57 Å². The molecular weight excluding hydrogens is 485 g/mol. The predicted molar refractivity (Wildman–Crippen MR) is 147 cm³/mol. The normalized spacial score (nSPS) is 14.9. The Hall–Kier alpha value is -4.17. The Morgan fingerprint density at radius 1 is 1.05 bits per heavy atom. The first-order valence-electron chi connectivity index (χ1n) is 11.9. The fourth-order valence-electron chi connectivity index (χ4n) is 4.13. The molecule has 37 heavy (non-hydrogen) atoms. The number of para-hydroxylation sites is 1. The van der Waals surface area contributed by atoms with Crippen LogP contribution in [0.4, 0.5) is 16.0 Å². The minimum atomic E-state index is -0.490. The molecule has 5 rings (SSSR count). The summed E-state index contributed by atoms with van der Waals surface area (Å²) in [7, 11) is 0. The molecule has 1 aliphatic rings. The van der Waals surface area contributed by atoms with Crippen molar-refractivity contribution in [3.63, 3.8) is 0 Å². The van der Waals surface area contributed by atoms with Gasteiger partial charge in [0.1, 0.15) is 11.9 Å². The van der Waals surface area contributed by atoms with Gasteiger partial charge in [-0.25, -0.2) is 9.07 Å². The minimum Gasteiger partial charge on any atom is -0.328 e. The average Bonchev–Trinajstić information content (AvgIpc) is 3.31. The highest BCUT2D eigenvalue weighted by Crippen LogP contribution is 2.34. The molecule has 186 valence electrons. The molecule has 0 aliphatic carbocycles. The molecule has 2 N–H and O–H groups in total. The van der Waals surface area contributed by atoms with E-state index in [0.29, 0.717) is 33.7 Å². The lowest BCUT2D eigenvalue weighted by molar-refractivity contribution is -0.113. The highest BCUT2D eigenvalue weighted by Gasteiger charge is 2.32. The Morgan fingerprint density at radius 2 is 1.78 bits per heavy atom. The van der Waals surface area contributed by atoms with Crippen LogP contribution in [0, 0.1) is 12.7 Å². The molecule has 0 radical (unpaired) electrons. The maximum atomic E-state index is 14.1. The molecule has 1 amide bonds. The topological polar surface area (TPSA) is 71.8 Å². The van der Waals surface area contributed by atoms with Crippen molar-refractivity contribution in [1.82, 2.24) is 14.8 Å². The summed E-state index contributed by atoms with van der Waals surface area (Å²) in [6.45, 7) is 3.82. The maximum Gasteiger partial charge on any atom is 0.255 e. The number of carbonyl (C=O) groups is 1. The lowest BCUT2D eigenvalue weighted by Crippen LogP contribution is -2.30. The fourth-order valence-corrected chi connectivity index (χ4v) is 4.95. The van der Waals surface area contributed by atoms with E-state index in [1.165, 1.54) is 17.8 Å². The number of nitrogens with one attached hydrogen (secondary N) is 2. The molecule has 0 fully saturated rings. The first-order valence-corrected chi connectivity index (χ1v) is 12.9. The van der Waals surface area contributed by atoms with Gasteiger partial charge in [0, 0.05) is 17.1 Å². The number of amides is 1. The quantitative estimate of drug-likeness (QED) is 0.273. The molecule has 0 bridgehead atoms.